The largest absolute Gasteiger partial charge is 0.348 e. The minimum atomic E-state index is -0.102. The fourth-order valence-corrected chi connectivity index (χ4v) is 2.72. The van der Waals surface area contributed by atoms with Gasteiger partial charge in [-0.25, -0.2) is 0 Å². The van der Waals surface area contributed by atoms with Crippen LogP contribution in [0.4, 0.5) is 5.69 Å². The molecular formula is C16H21N3O2. The number of nitrogens with one attached hydrogen (secondary N) is 2. The Hall–Kier alpha value is -1.88. The maximum Gasteiger partial charge on any atom is 0.253 e. The molecule has 1 saturated carbocycles. The van der Waals surface area contributed by atoms with Gasteiger partial charge in [0.05, 0.1) is 11.3 Å². The Morgan fingerprint density at radius 2 is 2.00 bits per heavy atom. The molecular weight excluding hydrogens is 266 g/mol. The summed E-state index contributed by atoms with van der Waals surface area (Å²) in [7, 11) is 1.75. The molecule has 2 N–H and O–H groups in total. The molecule has 2 amide bonds. The minimum Gasteiger partial charge on any atom is -0.348 e. The highest BCUT2D eigenvalue weighted by atomic mass is 16.2. The highest BCUT2D eigenvalue weighted by Gasteiger charge is 2.33. The number of carbonyl (C=O) groups excluding carboxylic acids is 2. The molecule has 3 rings (SSSR count). The van der Waals surface area contributed by atoms with Gasteiger partial charge in [0.2, 0.25) is 5.91 Å². The summed E-state index contributed by atoms with van der Waals surface area (Å²) in [5, 5.41) is 6.26. The second-order valence-electron chi connectivity index (χ2n) is 5.85. The predicted octanol–water partition coefficient (Wildman–Crippen LogP) is 1.15. The summed E-state index contributed by atoms with van der Waals surface area (Å²) in [4.78, 5) is 26.3. The molecule has 5 heteroatoms. The number of amides is 2. The molecule has 112 valence electrons. The highest BCUT2D eigenvalue weighted by molar-refractivity contribution is 6.05. The third-order valence-electron chi connectivity index (χ3n) is 4.16. The van der Waals surface area contributed by atoms with Gasteiger partial charge in [0.15, 0.2) is 0 Å². The topological polar surface area (TPSA) is 61.4 Å². The van der Waals surface area contributed by atoms with Crippen molar-refractivity contribution in [3.05, 3.63) is 29.8 Å². The molecule has 0 spiro atoms. The summed E-state index contributed by atoms with van der Waals surface area (Å²) in [5.74, 6) is 0.151. The molecule has 21 heavy (non-hydrogen) atoms. The SMILES string of the molecule is CN(C(=O)C1CC1)c1ccccc1C(=O)NC1CCNC1. The smallest absolute Gasteiger partial charge is 0.253 e. The summed E-state index contributed by atoms with van der Waals surface area (Å²) in [6.45, 7) is 1.75. The second-order valence-corrected chi connectivity index (χ2v) is 5.85. The van der Waals surface area contributed by atoms with Crippen molar-refractivity contribution < 1.29 is 9.59 Å². The van der Waals surface area contributed by atoms with Crippen molar-refractivity contribution in [2.75, 3.05) is 25.0 Å². The molecule has 1 atom stereocenters. The molecule has 1 aliphatic carbocycles. The number of para-hydroxylation sites is 1. The Bertz CT molecular complexity index is 548. The second kappa shape index (κ2) is 5.85. The summed E-state index contributed by atoms with van der Waals surface area (Å²) in [6.07, 6.45) is 2.88. The van der Waals surface area contributed by atoms with Crippen LogP contribution in [0.5, 0.6) is 0 Å². The third kappa shape index (κ3) is 3.08. The zero-order valence-electron chi connectivity index (χ0n) is 12.3. The van der Waals surface area contributed by atoms with Crippen LogP contribution < -0.4 is 15.5 Å². The molecule has 0 aromatic heterocycles. The maximum atomic E-state index is 12.5. The van der Waals surface area contributed by atoms with E-state index in [1.165, 1.54) is 0 Å². The quantitative estimate of drug-likeness (QED) is 0.873. The van der Waals surface area contributed by atoms with E-state index in [0.717, 1.165) is 32.4 Å². The average molecular weight is 287 g/mol. The molecule has 1 saturated heterocycles. The molecule has 1 aliphatic heterocycles. The van der Waals surface area contributed by atoms with Gasteiger partial charge in [0.1, 0.15) is 0 Å². The lowest BCUT2D eigenvalue weighted by atomic mass is 10.1. The van der Waals surface area contributed by atoms with Crippen LogP contribution >= 0.6 is 0 Å². The van der Waals surface area contributed by atoms with Crippen LogP contribution in [0.1, 0.15) is 29.6 Å². The zero-order valence-corrected chi connectivity index (χ0v) is 12.3. The van der Waals surface area contributed by atoms with Gasteiger partial charge in [-0.05, 0) is 37.9 Å². The molecule has 1 unspecified atom stereocenters. The van der Waals surface area contributed by atoms with Crippen LogP contribution in [-0.4, -0.2) is 38.0 Å². The van der Waals surface area contributed by atoms with Crippen molar-refractivity contribution in [3.8, 4) is 0 Å². The van der Waals surface area contributed by atoms with Crippen molar-refractivity contribution >= 4 is 17.5 Å². The molecule has 2 fully saturated rings. The van der Waals surface area contributed by atoms with Crippen molar-refractivity contribution in [1.29, 1.82) is 0 Å². The van der Waals surface area contributed by atoms with Gasteiger partial charge in [-0.1, -0.05) is 12.1 Å². The van der Waals surface area contributed by atoms with E-state index in [2.05, 4.69) is 10.6 Å². The number of anilines is 1. The first-order valence-corrected chi connectivity index (χ1v) is 7.55. The lowest BCUT2D eigenvalue weighted by Crippen LogP contribution is -2.37. The molecule has 1 aromatic carbocycles. The number of hydrogen-bond donors (Lipinski definition) is 2. The van der Waals surface area contributed by atoms with Crippen LogP contribution in [0.25, 0.3) is 0 Å². The Labute approximate surface area is 124 Å². The number of benzene rings is 1. The summed E-state index contributed by atoms with van der Waals surface area (Å²) >= 11 is 0. The summed E-state index contributed by atoms with van der Waals surface area (Å²) < 4.78 is 0. The average Bonchev–Trinajstić information content (AvgIpc) is 3.24. The first-order chi connectivity index (χ1) is 10.2. The van der Waals surface area contributed by atoms with Crippen molar-refractivity contribution in [3.63, 3.8) is 0 Å². The number of carbonyl (C=O) groups is 2. The van der Waals surface area contributed by atoms with Crippen LogP contribution in [0.2, 0.25) is 0 Å². The third-order valence-corrected chi connectivity index (χ3v) is 4.16. The number of hydrogen-bond acceptors (Lipinski definition) is 3. The fraction of sp³-hybridized carbons (Fsp3) is 0.500. The van der Waals surface area contributed by atoms with Crippen LogP contribution in [-0.2, 0) is 4.79 Å². The molecule has 0 radical (unpaired) electrons. The fourth-order valence-electron chi connectivity index (χ4n) is 2.72. The van der Waals surface area contributed by atoms with E-state index < -0.39 is 0 Å². The monoisotopic (exact) mass is 287 g/mol. The van der Waals surface area contributed by atoms with Crippen LogP contribution in [0, 0.1) is 5.92 Å². The van der Waals surface area contributed by atoms with Gasteiger partial charge in [-0.3, -0.25) is 9.59 Å². The van der Waals surface area contributed by atoms with Gasteiger partial charge in [-0.2, -0.15) is 0 Å². The first kappa shape index (κ1) is 14.1. The molecule has 1 heterocycles. The summed E-state index contributed by atoms with van der Waals surface area (Å²) in [5.41, 5.74) is 1.26. The number of nitrogens with zero attached hydrogens (tertiary/aromatic N) is 1. The zero-order chi connectivity index (χ0) is 14.8. The van der Waals surface area contributed by atoms with Gasteiger partial charge < -0.3 is 15.5 Å². The normalized spacial score (nSPS) is 21.1. The predicted molar refractivity (Wildman–Crippen MR) is 81.3 cm³/mol. The lowest BCUT2D eigenvalue weighted by Gasteiger charge is -2.21. The van der Waals surface area contributed by atoms with Crippen molar-refractivity contribution in [2.45, 2.75) is 25.3 Å². The van der Waals surface area contributed by atoms with Gasteiger partial charge >= 0.3 is 0 Å². The van der Waals surface area contributed by atoms with Gasteiger partial charge in [0.25, 0.3) is 5.91 Å². The molecule has 5 nitrogen and oxygen atoms in total. The Morgan fingerprint density at radius 1 is 1.24 bits per heavy atom. The van der Waals surface area contributed by atoms with Crippen LogP contribution in [0.3, 0.4) is 0 Å². The molecule has 2 aliphatic rings. The van der Waals surface area contributed by atoms with Gasteiger partial charge in [-0.15, -0.1) is 0 Å². The van der Waals surface area contributed by atoms with Gasteiger partial charge in [0, 0.05) is 25.6 Å². The minimum absolute atomic E-state index is 0.102. The van der Waals surface area contributed by atoms with E-state index in [0.29, 0.717) is 11.3 Å². The standard InChI is InChI=1S/C16H21N3O2/c1-19(16(21)11-6-7-11)14-5-3-2-4-13(14)15(20)18-12-8-9-17-10-12/h2-5,11-12,17H,6-10H2,1H3,(H,18,20). The lowest BCUT2D eigenvalue weighted by molar-refractivity contribution is -0.119. The van der Waals surface area contributed by atoms with Crippen LogP contribution in [0.15, 0.2) is 24.3 Å². The van der Waals surface area contributed by atoms with E-state index in [4.69, 9.17) is 0 Å². The molecule has 1 aromatic rings. The summed E-state index contributed by atoms with van der Waals surface area (Å²) in [6, 6.07) is 7.49. The van der Waals surface area contributed by atoms with E-state index in [1.54, 1.807) is 18.0 Å². The maximum absolute atomic E-state index is 12.5. The number of rotatable bonds is 4. The Balaban J connectivity index is 1.77. The van der Waals surface area contributed by atoms with E-state index >= 15 is 0 Å². The van der Waals surface area contributed by atoms with E-state index in [1.807, 2.05) is 18.2 Å². The molecule has 0 bridgehead atoms. The highest BCUT2D eigenvalue weighted by Crippen LogP contribution is 2.33. The van der Waals surface area contributed by atoms with E-state index in [-0.39, 0.29) is 23.8 Å². The Kier molecular flexibility index (Phi) is 3.92. The van der Waals surface area contributed by atoms with Crippen molar-refractivity contribution in [1.82, 2.24) is 10.6 Å². The van der Waals surface area contributed by atoms with E-state index in [9.17, 15) is 9.59 Å². The Morgan fingerprint density at radius 3 is 2.67 bits per heavy atom. The van der Waals surface area contributed by atoms with Crippen molar-refractivity contribution in [2.24, 2.45) is 5.92 Å². The first-order valence-electron chi connectivity index (χ1n) is 7.55.